The molecule has 2 heterocycles. The number of fused-ring (bicyclic) bond motifs is 1. The zero-order valence-electron chi connectivity index (χ0n) is 14.8. The normalized spacial score (nSPS) is 11.0. The second-order valence-electron chi connectivity index (χ2n) is 6.12. The van der Waals surface area contributed by atoms with Gasteiger partial charge in [0.15, 0.2) is 0 Å². The van der Waals surface area contributed by atoms with Crippen LogP contribution in [-0.2, 0) is 17.8 Å². The van der Waals surface area contributed by atoms with Gasteiger partial charge in [0.2, 0.25) is 0 Å². The number of rotatable bonds is 4. The predicted molar refractivity (Wildman–Crippen MR) is 99.5 cm³/mol. The van der Waals surface area contributed by atoms with Crippen molar-refractivity contribution < 1.29 is 13.9 Å². The molecule has 0 bridgehead atoms. The summed E-state index contributed by atoms with van der Waals surface area (Å²) in [5.74, 6) is -0.363. The third-order valence-corrected chi connectivity index (χ3v) is 5.78. The second kappa shape index (κ2) is 6.84. The van der Waals surface area contributed by atoms with E-state index in [0.717, 1.165) is 28.5 Å². The van der Waals surface area contributed by atoms with E-state index < -0.39 is 5.63 Å². The Morgan fingerprint density at radius 1 is 1.16 bits per heavy atom. The molecule has 0 aliphatic rings. The fraction of sp³-hybridized carbons (Fsp3) is 0.300. The topological polar surface area (TPSA) is 56.5 Å². The number of aryl methyl sites for hydroxylation is 4. The van der Waals surface area contributed by atoms with Crippen molar-refractivity contribution in [2.24, 2.45) is 0 Å². The van der Waals surface area contributed by atoms with Crippen LogP contribution in [0.5, 0.6) is 0 Å². The minimum atomic E-state index is -0.438. The van der Waals surface area contributed by atoms with E-state index in [9.17, 15) is 9.59 Å². The van der Waals surface area contributed by atoms with Crippen molar-refractivity contribution >= 4 is 28.3 Å². The van der Waals surface area contributed by atoms with E-state index in [1.54, 1.807) is 0 Å². The Morgan fingerprint density at radius 3 is 2.60 bits per heavy atom. The Balaban J connectivity index is 1.89. The van der Waals surface area contributed by atoms with Crippen molar-refractivity contribution in [2.45, 2.75) is 40.7 Å². The van der Waals surface area contributed by atoms with Crippen LogP contribution in [0.1, 0.15) is 43.7 Å². The molecular formula is C20H20O4S. The molecule has 5 heteroatoms. The fourth-order valence-corrected chi connectivity index (χ4v) is 3.84. The summed E-state index contributed by atoms with van der Waals surface area (Å²) in [4.78, 5) is 26.0. The van der Waals surface area contributed by atoms with Crippen LogP contribution < -0.4 is 5.63 Å². The summed E-state index contributed by atoms with van der Waals surface area (Å²) in [7, 11) is 0. The maximum atomic E-state index is 12.3. The van der Waals surface area contributed by atoms with Crippen LogP contribution in [0.15, 0.2) is 33.5 Å². The molecule has 3 rings (SSSR count). The number of hydrogen-bond donors (Lipinski definition) is 0. The van der Waals surface area contributed by atoms with Crippen LogP contribution in [0.3, 0.4) is 0 Å². The monoisotopic (exact) mass is 356 g/mol. The molecule has 0 unspecified atom stereocenters. The fourth-order valence-electron chi connectivity index (χ4n) is 2.83. The van der Waals surface area contributed by atoms with E-state index in [-0.39, 0.29) is 12.6 Å². The van der Waals surface area contributed by atoms with Gasteiger partial charge in [-0.1, -0.05) is 19.1 Å². The van der Waals surface area contributed by atoms with Crippen LogP contribution in [0.4, 0.5) is 0 Å². The average molecular weight is 356 g/mol. The molecule has 0 fully saturated rings. The predicted octanol–water partition coefficient (Wildman–Crippen LogP) is 4.70. The van der Waals surface area contributed by atoms with Crippen LogP contribution in [-0.4, -0.2) is 5.97 Å². The quantitative estimate of drug-likeness (QED) is 0.502. The van der Waals surface area contributed by atoms with Gasteiger partial charge in [0.1, 0.15) is 17.1 Å². The van der Waals surface area contributed by atoms with E-state index in [2.05, 4.69) is 6.92 Å². The number of hydrogen-bond acceptors (Lipinski definition) is 5. The third kappa shape index (κ3) is 3.37. The maximum Gasteiger partial charge on any atom is 0.348 e. The zero-order valence-corrected chi connectivity index (χ0v) is 15.6. The van der Waals surface area contributed by atoms with Crippen molar-refractivity contribution in [3.05, 3.63) is 66.7 Å². The van der Waals surface area contributed by atoms with Gasteiger partial charge >= 0.3 is 11.6 Å². The summed E-state index contributed by atoms with van der Waals surface area (Å²) in [5, 5.41) is 0.798. The van der Waals surface area contributed by atoms with Gasteiger partial charge in [-0.05, 0) is 49.9 Å². The number of ether oxygens (including phenoxy) is 1. The summed E-state index contributed by atoms with van der Waals surface area (Å²) < 4.78 is 10.8. The van der Waals surface area contributed by atoms with E-state index in [4.69, 9.17) is 9.15 Å². The lowest BCUT2D eigenvalue weighted by Gasteiger charge is -2.09. The Morgan fingerprint density at radius 2 is 1.92 bits per heavy atom. The minimum Gasteiger partial charge on any atom is -0.457 e. The summed E-state index contributed by atoms with van der Waals surface area (Å²) in [6.45, 7) is 7.98. The molecule has 0 aliphatic carbocycles. The molecule has 25 heavy (non-hydrogen) atoms. The first-order valence-electron chi connectivity index (χ1n) is 8.20. The smallest absolute Gasteiger partial charge is 0.348 e. The third-order valence-electron chi connectivity index (χ3n) is 4.42. The molecule has 0 saturated heterocycles. The van der Waals surface area contributed by atoms with E-state index in [1.165, 1.54) is 22.3 Å². The summed E-state index contributed by atoms with van der Waals surface area (Å²) >= 11 is 1.46. The van der Waals surface area contributed by atoms with Crippen molar-refractivity contribution in [1.29, 1.82) is 0 Å². The van der Waals surface area contributed by atoms with Crippen LogP contribution in [0, 0.1) is 20.8 Å². The molecule has 130 valence electrons. The van der Waals surface area contributed by atoms with Gasteiger partial charge in [0, 0.05) is 21.9 Å². The largest absolute Gasteiger partial charge is 0.457 e. The van der Waals surface area contributed by atoms with Crippen LogP contribution in [0.2, 0.25) is 0 Å². The second-order valence-corrected chi connectivity index (χ2v) is 7.26. The van der Waals surface area contributed by atoms with Crippen molar-refractivity contribution in [1.82, 2.24) is 0 Å². The average Bonchev–Trinajstić information content (AvgIpc) is 2.97. The minimum absolute atomic E-state index is 0.0435. The highest BCUT2D eigenvalue weighted by atomic mass is 32.1. The molecule has 4 nitrogen and oxygen atoms in total. The Labute approximate surface area is 150 Å². The Kier molecular flexibility index (Phi) is 4.77. The van der Waals surface area contributed by atoms with E-state index >= 15 is 0 Å². The van der Waals surface area contributed by atoms with Gasteiger partial charge in [-0.25, -0.2) is 9.59 Å². The van der Waals surface area contributed by atoms with Crippen molar-refractivity contribution in [3.63, 3.8) is 0 Å². The molecule has 0 aliphatic heterocycles. The first-order valence-corrected chi connectivity index (χ1v) is 9.01. The molecule has 0 amide bonds. The van der Waals surface area contributed by atoms with Crippen molar-refractivity contribution in [3.8, 4) is 0 Å². The molecule has 0 radical (unpaired) electrons. The molecule has 1 aromatic carbocycles. The first-order chi connectivity index (χ1) is 11.9. The molecule has 0 spiro atoms. The highest BCUT2D eigenvalue weighted by molar-refractivity contribution is 7.14. The SMILES string of the molecule is CCc1sc(C(=O)OCc2cc(=O)oc3c(C)c(C)ccc23)cc1C. The van der Waals surface area contributed by atoms with Crippen LogP contribution >= 0.6 is 11.3 Å². The molecule has 0 saturated carbocycles. The highest BCUT2D eigenvalue weighted by Crippen LogP contribution is 2.26. The summed E-state index contributed by atoms with van der Waals surface area (Å²) in [5.41, 5.74) is 3.85. The molecule has 2 aromatic heterocycles. The zero-order chi connectivity index (χ0) is 18.1. The van der Waals surface area contributed by atoms with Gasteiger partial charge in [-0.3, -0.25) is 0 Å². The van der Waals surface area contributed by atoms with Gasteiger partial charge in [-0.2, -0.15) is 0 Å². The molecule has 3 aromatic rings. The lowest BCUT2D eigenvalue weighted by atomic mass is 10.0. The standard InChI is InChI=1S/C20H20O4S/c1-5-16-12(3)8-17(25-16)20(22)23-10-14-9-18(21)24-19-13(4)11(2)6-7-15(14)19/h6-9H,5,10H2,1-4H3. The van der Waals surface area contributed by atoms with E-state index in [0.29, 0.717) is 16.0 Å². The molecular weight excluding hydrogens is 336 g/mol. The van der Waals surface area contributed by atoms with Gasteiger partial charge in [0.05, 0.1) is 0 Å². The van der Waals surface area contributed by atoms with E-state index in [1.807, 2.05) is 39.0 Å². The maximum absolute atomic E-state index is 12.3. The lowest BCUT2D eigenvalue weighted by Crippen LogP contribution is -2.07. The summed E-state index contributed by atoms with van der Waals surface area (Å²) in [6, 6.07) is 7.12. The number of esters is 1. The van der Waals surface area contributed by atoms with Gasteiger partial charge in [-0.15, -0.1) is 11.3 Å². The lowest BCUT2D eigenvalue weighted by molar-refractivity contribution is 0.0479. The summed E-state index contributed by atoms with van der Waals surface area (Å²) in [6.07, 6.45) is 0.896. The first kappa shape index (κ1) is 17.4. The Bertz CT molecular complexity index is 1010. The van der Waals surface area contributed by atoms with Crippen molar-refractivity contribution in [2.75, 3.05) is 0 Å². The van der Waals surface area contributed by atoms with Crippen LogP contribution in [0.25, 0.3) is 11.0 Å². The van der Waals surface area contributed by atoms with Gasteiger partial charge in [0.25, 0.3) is 0 Å². The number of carbonyl (C=O) groups excluding carboxylic acids is 1. The molecule has 0 atom stereocenters. The highest BCUT2D eigenvalue weighted by Gasteiger charge is 2.15. The van der Waals surface area contributed by atoms with Gasteiger partial charge < -0.3 is 9.15 Å². The Hall–Kier alpha value is -2.40. The number of carbonyl (C=O) groups is 1. The molecule has 0 N–H and O–H groups in total. The number of benzene rings is 1. The number of thiophene rings is 1.